The fourth-order valence-corrected chi connectivity index (χ4v) is 2.15. The van der Waals surface area contributed by atoms with Crippen LogP contribution < -0.4 is 5.32 Å². The smallest absolute Gasteiger partial charge is 0.326 e. The van der Waals surface area contributed by atoms with Gasteiger partial charge in [0, 0.05) is 19.7 Å². The molecule has 1 atom stereocenters. The summed E-state index contributed by atoms with van der Waals surface area (Å²) >= 11 is 0. The number of rotatable bonds is 6. The van der Waals surface area contributed by atoms with Gasteiger partial charge in [-0.3, -0.25) is 4.79 Å². The molecule has 0 bridgehead atoms. The van der Waals surface area contributed by atoms with Gasteiger partial charge in [-0.2, -0.15) is 0 Å². The van der Waals surface area contributed by atoms with Gasteiger partial charge in [0.1, 0.15) is 6.04 Å². The molecule has 1 saturated heterocycles. The quantitative estimate of drug-likeness (QED) is 0.680. The van der Waals surface area contributed by atoms with Crippen LogP contribution in [-0.4, -0.2) is 66.9 Å². The van der Waals surface area contributed by atoms with Gasteiger partial charge in [0.05, 0.1) is 19.6 Å². The maximum atomic E-state index is 12.0. The van der Waals surface area contributed by atoms with E-state index in [0.29, 0.717) is 19.7 Å². The van der Waals surface area contributed by atoms with Gasteiger partial charge in [-0.05, 0) is 19.8 Å². The molecule has 1 heterocycles. The van der Waals surface area contributed by atoms with Crippen molar-refractivity contribution in [2.24, 2.45) is 0 Å². The Labute approximate surface area is 123 Å². The van der Waals surface area contributed by atoms with E-state index in [1.807, 2.05) is 6.92 Å². The highest BCUT2D eigenvalue weighted by Crippen LogP contribution is 2.13. The highest BCUT2D eigenvalue weighted by atomic mass is 16.5. The summed E-state index contributed by atoms with van der Waals surface area (Å²) in [4.78, 5) is 35.7. The Balaban J connectivity index is 2.47. The Kier molecular flexibility index (Phi) is 6.93. The average molecular weight is 302 g/mol. The molecule has 0 saturated carbocycles. The Hall–Kier alpha value is -1.83. The minimum Gasteiger partial charge on any atom is -0.480 e. The number of likely N-dealkylation sites (tertiary alicyclic amines) is 1. The number of esters is 1. The lowest BCUT2D eigenvalue weighted by atomic mass is 10.1. The van der Waals surface area contributed by atoms with Crippen molar-refractivity contribution >= 4 is 18.0 Å². The van der Waals surface area contributed by atoms with Crippen molar-refractivity contribution in [3.63, 3.8) is 0 Å². The SMILES string of the molecule is CCOC1CCN(C(=O)N[C@@H](CC(=O)OC)C(=O)O)CC1. The molecule has 0 spiro atoms. The van der Waals surface area contributed by atoms with Gasteiger partial charge in [0.2, 0.25) is 0 Å². The standard InChI is InChI=1S/C13H22N2O6/c1-3-21-9-4-6-15(7-5-9)13(19)14-10(12(17)18)8-11(16)20-2/h9-10H,3-8H2,1-2H3,(H,14,19)(H,17,18)/t10-/m0/s1. The number of methoxy groups -OCH3 is 1. The van der Waals surface area contributed by atoms with E-state index in [2.05, 4.69) is 10.1 Å². The average Bonchev–Trinajstić information content (AvgIpc) is 2.47. The first-order chi connectivity index (χ1) is 9.97. The third-order valence-corrected chi connectivity index (χ3v) is 3.33. The summed E-state index contributed by atoms with van der Waals surface area (Å²) in [5, 5.41) is 11.4. The number of carboxylic acid groups (broad SMARTS) is 1. The normalized spacial score (nSPS) is 17.1. The van der Waals surface area contributed by atoms with Gasteiger partial charge >= 0.3 is 18.0 Å². The van der Waals surface area contributed by atoms with Crippen LogP contribution in [0.2, 0.25) is 0 Å². The lowest BCUT2D eigenvalue weighted by Gasteiger charge is -2.32. The molecule has 0 aromatic carbocycles. The third kappa shape index (κ3) is 5.58. The van der Waals surface area contributed by atoms with Gasteiger partial charge < -0.3 is 24.8 Å². The van der Waals surface area contributed by atoms with E-state index in [9.17, 15) is 14.4 Å². The zero-order valence-electron chi connectivity index (χ0n) is 12.3. The van der Waals surface area contributed by atoms with Gasteiger partial charge in [0.25, 0.3) is 0 Å². The first-order valence-electron chi connectivity index (χ1n) is 6.94. The molecule has 1 aliphatic heterocycles. The molecule has 0 aromatic heterocycles. The Morgan fingerprint density at radius 1 is 1.33 bits per heavy atom. The van der Waals surface area contributed by atoms with E-state index in [0.717, 1.165) is 12.8 Å². The molecule has 120 valence electrons. The van der Waals surface area contributed by atoms with Crippen LogP contribution in [-0.2, 0) is 19.1 Å². The number of hydrogen-bond donors (Lipinski definition) is 2. The van der Waals surface area contributed by atoms with Crippen molar-refractivity contribution in [1.29, 1.82) is 0 Å². The molecule has 2 N–H and O–H groups in total. The summed E-state index contributed by atoms with van der Waals surface area (Å²) in [7, 11) is 1.17. The third-order valence-electron chi connectivity index (χ3n) is 3.33. The molecule has 0 aromatic rings. The van der Waals surface area contributed by atoms with Crippen LogP contribution in [0, 0.1) is 0 Å². The number of nitrogens with one attached hydrogen (secondary N) is 1. The number of urea groups is 1. The first-order valence-corrected chi connectivity index (χ1v) is 6.94. The van der Waals surface area contributed by atoms with Crippen LogP contribution in [0.25, 0.3) is 0 Å². The van der Waals surface area contributed by atoms with Gasteiger partial charge in [0.15, 0.2) is 0 Å². The van der Waals surface area contributed by atoms with Crippen LogP contribution in [0.15, 0.2) is 0 Å². The predicted molar refractivity (Wildman–Crippen MR) is 72.8 cm³/mol. The number of carbonyl (C=O) groups excluding carboxylic acids is 2. The molecule has 21 heavy (non-hydrogen) atoms. The number of amides is 2. The maximum absolute atomic E-state index is 12.0. The molecule has 8 heteroatoms. The van der Waals surface area contributed by atoms with Crippen molar-refractivity contribution < 1.29 is 29.0 Å². The zero-order chi connectivity index (χ0) is 15.8. The molecule has 1 aliphatic rings. The highest BCUT2D eigenvalue weighted by molar-refractivity contribution is 5.86. The second-order valence-electron chi connectivity index (χ2n) is 4.76. The number of carbonyl (C=O) groups is 3. The predicted octanol–water partition coefficient (Wildman–Crippen LogP) is 0.213. The molecule has 0 unspecified atom stereocenters. The van der Waals surface area contributed by atoms with Crippen molar-refractivity contribution in [3.8, 4) is 0 Å². The second-order valence-corrected chi connectivity index (χ2v) is 4.76. The number of carboxylic acids is 1. The molecule has 0 aliphatic carbocycles. The largest absolute Gasteiger partial charge is 0.480 e. The fraction of sp³-hybridized carbons (Fsp3) is 0.769. The number of aliphatic carboxylic acids is 1. The lowest BCUT2D eigenvalue weighted by Crippen LogP contribution is -2.51. The zero-order valence-corrected chi connectivity index (χ0v) is 12.3. The van der Waals surface area contributed by atoms with Crippen LogP contribution in [0.3, 0.4) is 0 Å². The molecular formula is C13H22N2O6. The second kappa shape index (κ2) is 8.46. The topological polar surface area (TPSA) is 105 Å². The molecule has 8 nitrogen and oxygen atoms in total. The molecule has 1 rings (SSSR count). The summed E-state index contributed by atoms with van der Waals surface area (Å²) in [5.74, 6) is -1.95. The summed E-state index contributed by atoms with van der Waals surface area (Å²) in [6, 6.07) is -1.77. The summed E-state index contributed by atoms with van der Waals surface area (Å²) in [6.45, 7) is 3.56. The van der Waals surface area contributed by atoms with Crippen LogP contribution in [0.1, 0.15) is 26.2 Å². The van der Waals surface area contributed by atoms with E-state index < -0.39 is 30.4 Å². The summed E-state index contributed by atoms with van der Waals surface area (Å²) in [5.41, 5.74) is 0. The van der Waals surface area contributed by atoms with Gasteiger partial charge in [-0.1, -0.05) is 0 Å². The number of nitrogens with zero attached hydrogens (tertiary/aromatic N) is 1. The monoisotopic (exact) mass is 302 g/mol. The maximum Gasteiger partial charge on any atom is 0.326 e. The minimum atomic E-state index is -1.28. The van der Waals surface area contributed by atoms with E-state index in [-0.39, 0.29) is 6.10 Å². The highest BCUT2D eigenvalue weighted by Gasteiger charge is 2.28. The fourth-order valence-electron chi connectivity index (χ4n) is 2.15. The molecule has 2 amide bonds. The first kappa shape index (κ1) is 17.2. The Bertz CT molecular complexity index is 379. The summed E-state index contributed by atoms with van der Waals surface area (Å²) < 4.78 is 9.90. The van der Waals surface area contributed by atoms with Crippen molar-refractivity contribution in [3.05, 3.63) is 0 Å². The van der Waals surface area contributed by atoms with Gasteiger partial charge in [-0.15, -0.1) is 0 Å². The van der Waals surface area contributed by atoms with Crippen LogP contribution >= 0.6 is 0 Å². The summed E-state index contributed by atoms with van der Waals surface area (Å²) in [6.07, 6.45) is 1.18. The number of hydrogen-bond acceptors (Lipinski definition) is 5. The van der Waals surface area contributed by atoms with E-state index in [1.54, 1.807) is 0 Å². The van der Waals surface area contributed by atoms with Crippen LogP contribution in [0.4, 0.5) is 4.79 Å². The Morgan fingerprint density at radius 3 is 2.43 bits per heavy atom. The molecule has 1 fully saturated rings. The van der Waals surface area contributed by atoms with Crippen molar-refractivity contribution in [1.82, 2.24) is 10.2 Å². The molecule has 0 radical (unpaired) electrons. The number of ether oxygens (including phenoxy) is 2. The lowest BCUT2D eigenvalue weighted by molar-refractivity contribution is -0.147. The van der Waals surface area contributed by atoms with E-state index in [4.69, 9.17) is 9.84 Å². The molecular weight excluding hydrogens is 280 g/mol. The van der Waals surface area contributed by atoms with E-state index in [1.165, 1.54) is 12.0 Å². The van der Waals surface area contributed by atoms with Crippen LogP contribution in [0.5, 0.6) is 0 Å². The van der Waals surface area contributed by atoms with Crippen molar-refractivity contribution in [2.75, 3.05) is 26.8 Å². The van der Waals surface area contributed by atoms with Gasteiger partial charge in [-0.25, -0.2) is 9.59 Å². The Morgan fingerprint density at radius 2 is 1.95 bits per heavy atom. The van der Waals surface area contributed by atoms with E-state index >= 15 is 0 Å². The minimum absolute atomic E-state index is 0.143. The van der Waals surface area contributed by atoms with Crippen molar-refractivity contribution in [2.45, 2.75) is 38.3 Å². The number of piperidine rings is 1.